The van der Waals surface area contributed by atoms with Crippen molar-refractivity contribution in [3.63, 3.8) is 0 Å². The van der Waals surface area contributed by atoms with Gasteiger partial charge in [-0.15, -0.1) is 0 Å². The number of nitrogens with zero attached hydrogens (tertiary/aromatic N) is 3. The normalized spacial score (nSPS) is 12.6. The molecule has 138 valence electrons. The van der Waals surface area contributed by atoms with E-state index in [4.69, 9.17) is 0 Å². The molecular formula is C17H27N5O2S. The number of thioether (sulfide) groups is 1. The molecule has 2 aromatic heterocycles. The van der Waals surface area contributed by atoms with Crippen molar-refractivity contribution in [3.8, 4) is 11.3 Å². The van der Waals surface area contributed by atoms with Crippen LogP contribution in [0.25, 0.3) is 11.3 Å². The van der Waals surface area contributed by atoms with Gasteiger partial charge in [-0.25, -0.2) is 0 Å². The molecule has 2 heterocycles. The lowest BCUT2D eigenvalue weighted by atomic mass is 10.1. The molecule has 25 heavy (non-hydrogen) atoms. The second-order valence-corrected chi connectivity index (χ2v) is 7.37. The Bertz CT molecular complexity index is 723. The van der Waals surface area contributed by atoms with Gasteiger partial charge < -0.3 is 10.4 Å². The molecule has 3 N–H and O–H groups in total. The van der Waals surface area contributed by atoms with E-state index in [0.717, 1.165) is 29.1 Å². The Kier molecular flexibility index (Phi) is 6.66. The zero-order valence-electron chi connectivity index (χ0n) is 15.5. The zero-order valence-corrected chi connectivity index (χ0v) is 16.3. The average molecular weight is 366 g/mol. The van der Waals surface area contributed by atoms with Crippen molar-refractivity contribution in [1.82, 2.24) is 25.3 Å². The van der Waals surface area contributed by atoms with Crippen LogP contribution in [0.5, 0.6) is 0 Å². The molecule has 8 heteroatoms. The largest absolute Gasteiger partial charge is 0.394 e. The number of rotatable bonds is 8. The van der Waals surface area contributed by atoms with E-state index in [9.17, 15) is 9.90 Å². The van der Waals surface area contributed by atoms with Gasteiger partial charge in [0.15, 0.2) is 0 Å². The van der Waals surface area contributed by atoms with Crippen molar-refractivity contribution in [1.29, 1.82) is 0 Å². The van der Waals surface area contributed by atoms with Gasteiger partial charge in [-0.2, -0.15) is 22.0 Å². The van der Waals surface area contributed by atoms with E-state index in [0.29, 0.717) is 11.4 Å². The topological polar surface area (TPSA) is 95.8 Å². The summed E-state index contributed by atoms with van der Waals surface area (Å²) in [5.41, 5.74) is 3.95. The second kappa shape index (κ2) is 8.53. The van der Waals surface area contributed by atoms with Gasteiger partial charge in [0.05, 0.1) is 24.0 Å². The molecule has 1 amide bonds. The standard InChI is InChI=1S/C17H27N5O2S/c1-10(2)22-12(4)16(11(3)21-22)14-8-15(20-19-14)17(24)18-13(9-23)6-7-25-5/h8,10,13,23H,6-7,9H2,1-5H3,(H,18,24)(H,19,20)/t13-/m0/s1. The number of carbonyl (C=O) groups excluding carboxylic acids is 1. The van der Waals surface area contributed by atoms with Crippen molar-refractivity contribution in [2.45, 2.75) is 46.2 Å². The lowest BCUT2D eigenvalue weighted by molar-refractivity contribution is 0.0910. The Morgan fingerprint density at radius 3 is 2.72 bits per heavy atom. The first-order chi connectivity index (χ1) is 11.9. The number of amides is 1. The van der Waals surface area contributed by atoms with Crippen LogP contribution in [0.3, 0.4) is 0 Å². The lowest BCUT2D eigenvalue weighted by Crippen LogP contribution is -2.38. The fraction of sp³-hybridized carbons (Fsp3) is 0.588. The number of hydrogen-bond donors (Lipinski definition) is 3. The number of aliphatic hydroxyl groups excluding tert-OH is 1. The number of nitrogens with one attached hydrogen (secondary N) is 2. The highest BCUT2D eigenvalue weighted by molar-refractivity contribution is 7.98. The van der Waals surface area contributed by atoms with Crippen LogP contribution in [0.4, 0.5) is 0 Å². The third kappa shape index (κ3) is 4.43. The number of aromatic nitrogens is 4. The zero-order chi connectivity index (χ0) is 18.6. The maximum atomic E-state index is 12.4. The van der Waals surface area contributed by atoms with Crippen LogP contribution < -0.4 is 5.32 Å². The van der Waals surface area contributed by atoms with Crippen LogP contribution in [-0.2, 0) is 0 Å². The summed E-state index contributed by atoms with van der Waals surface area (Å²) >= 11 is 1.69. The molecule has 1 atom stereocenters. The highest BCUT2D eigenvalue weighted by Crippen LogP contribution is 2.27. The van der Waals surface area contributed by atoms with Crippen LogP contribution in [0, 0.1) is 13.8 Å². The first-order valence-corrected chi connectivity index (χ1v) is 9.80. The molecule has 0 fully saturated rings. The van der Waals surface area contributed by atoms with Crippen LogP contribution >= 0.6 is 11.8 Å². The van der Waals surface area contributed by atoms with Crippen LogP contribution in [0.15, 0.2) is 6.07 Å². The molecule has 0 unspecified atom stereocenters. The Balaban J connectivity index is 2.18. The first-order valence-electron chi connectivity index (χ1n) is 8.41. The van der Waals surface area contributed by atoms with E-state index in [2.05, 4.69) is 34.5 Å². The molecule has 0 saturated carbocycles. The summed E-state index contributed by atoms with van der Waals surface area (Å²) in [6.07, 6.45) is 2.73. The predicted octanol–water partition coefficient (Wildman–Crippen LogP) is 2.31. The van der Waals surface area contributed by atoms with E-state index in [1.807, 2.05) is 24.8 Å². The second-order valence-electron chi connectivity index (χ2n) is 6.39. The van der Waals surface area contributed by atoms with Gasteiger partial charge in [-0.3, -0.25) is 14.6 Å². The third-order valence-electron chi connectivity index (χ3n) is 4.12. The highest BCUT2D eigenvalue weighted by Gasteiger charge is 2.20. The molecule has 0 aliphatic carbocycles. The quantitative estimate of drug-likeness (QED) is 0.667. The van der Waals surface area contributed by atoms with Crippen molar-refractivity contribution in [2.75, 3.05) is 18.6 Å². The molecule has 0 bridgehead atoms. The van der Waals surface area contributed by atoms with Gasteiger partial charge in [-0.05, 0) is 52.2 Å². The monoisotopic (exact) mass is 365 g/mol. The number of hydrogen-bond acceptors (Lipinski definition) is 5. The number of aryl methyl sites for hydroxylation is 1. The summed E-state index contributed by atoms with van der Waals surface area (Å²) in [4.78, 5) is 12.4. The fourth-order valence-corrected chi connectivity index (χ4v) is 3.36. The van der Waals surface area contributed by atoms with E-state index in [-0.39, 0.29) is 24.6 Å². The van der Waals surface area contributed by atoms with Gasteiger partial charge in [0.1, 0.15) is 5.69 Å². The van der Waals surface area contributed by atoms with E-state index in [1.165, 1.54) is 0 Å². The van der Waals surface area contributed by atoms with Crippen molar-refractivity contribution < 1.29 is 9.90 Å². The smallest absolute Gasteiger partial charge is 0.269 e. The van der Waals surface area contributed by atoms with Crippen molar-refractivity contribution in [3.05, 3.63) is 23.1 Å². The third-order valence-corrected chi connectivity index (χ3v) is 4.76. The summed E-state index contributed by atoms with van der Waals surface area (Å²) in [6.45, 7) is 8.03. The average Bonchev–Trinajstić information content (AvgIpc) is 3.15. The maximum absolute atomic E-state index is 12.4. The molecule has 0 saturated heterocycles. The minimum absolute atomic E-state index is 0.0767. The van der Waals surface area contributed by atoms with E-state index >= 15 is 0 Å². The van der Waals surface area contributed by atoms with Crippen molar-refractivity contribution in [2.24, 2.45) is 0 Å². The maximum Gasteiger partial charge on any atom is 0.269 e. The highest BCUT2D eigenvalue weighted by atomic mass is 32.2. The van der Waals surface area contributed by atoms with Gasteiger partial charge in [0, 0.05) is 17.3 Å². The molecule has 0 radical (unpaired) electrons. The molecular weight excluding hydrogens is 338 g/mol. The number of H-pyrrole nitrogens is 1. The van der Waals surface area contributed by atoms with Gasteiger partial charge >= 0.3 is 0 Å². The molecule has 7 nitrogen and oxygen atoms in total. The fourth-order valence-electron chi connectivity index (χ4n) is 2.83. The summed E-state index contributed by atoms with van der Waals surface area (Å²) in [6, 6.07) is 1.75. The summed E-state index contributed by atoms with van der Waals surface area (Å²) in [5, 5.41) is 23.9. The Hall–Kier alpha value is -1.80. The van der Waals surface area contributed by atoms with Crippen LogP contribution in [-0.4, -0.2) is 55.6 Å². The Morgan fingerprint density at radius 2 is 2.16 bits per heavy atom. The summed E-state index contributed by atoms with van der Waals surface area (Å²) in [7, 11) is 0. The molecule has 0 aromatic carbocycles. The van der Waals surface area contributed by atoms with Crippen LogP contribution in [0.2, 0.25) is 0 Å². The Morgan fingerprint density at radius 1 is 1.44 bits per heavy atom. The molecule has 2 rings (SSSR count). The minimum Gasteiger partial charge on any atom is -0.394 e. The van der Waals surface area contributed by atoms with Gasteiger partial charge in [0.2, 0.25) is 0 Å². The van der Waals surface area contributed by atoms with Crippen LogP contribution in [0.1, 0.15) is 48.2 Å². The number of carbonyl (C=O) groups is 1. The number of aliphatic hydroxyl groups is 1. The van der Waals surface area contributed by atoms with E-state index < -0.39 is 0 Å². The first kappa shape index (κ1) is 19.5. The van der Waals surface area contributed by atoms with Gasteiger partial charge in [-0.1, -0.05) is 0 Å². The molecule has 0 aliphatic heterocycles. The molecule has 0 spiro atoms. The molecule has 2 aromatic rings. The SMILES string of the molecule is CSCC[C@@H](CO)NC(=O)c1cc(-c2c(C)nn(C(C)C)c2C)n[nH]1. The molecule has 0 aliphatic rings. The summed E-state index contributed by atoms with van der Waals surface area (Å²) < 4.78 is 1.96. The van der Waals surface area contributed by atoms with E-state index in [1.54, 1.807) is 17.8 Å². The predicted molar refractivity (Wildman–Crippen MR) is 101 cm³/mol. The lowest BCUT2D eigenvalue weighted by Gasteiger charge is -2.14. The summed E-state index contributed by atoms with van der Waals surface area (Å²) in [5.74, 6) is 0.623. The Labute approximate surface area is 152 Å². The minimum atomic E-state index is -0.259. The van der Waals surface area contributed by atoms with Crippen molar-refractivity contribution >= 4 is 17.7 Å². The number of aromatic amines is 1. The van der Waals surface area contributed by atoms with Gasteiger partial charge in [0.25, 0.3) is 5.91 Å².